The molecule has 0 heterocycles. The highest BCUT2D eigenvalue weighted by atomic mass is 16.5. The first-order chi connectivity index (χ1) is 13.3. The van der Waals surface area contributed by atoms with E-state index in [-0.39, 0.29) is 0 Å². The molecule has 0 spiro atoms. The van der Waals surface area contributed by atoms with Crippen LogP contribution in [-0.4, -0.2) is 6.61 Å². The van der Waals surface area contributed by atoms with Crippen molar-refractivity contribution in [2.24, 2.45) is 11.8 Å². The van der Waals surface area contributed by atoms with Gasteiger partial charge in [0.2, 0.25) is 0 Å². The van der Waals surface area contributed by atoms with Crippen LogP contribution in [0.25, 0.3) is 0 Å². The van der Waals surface area contributed by atoms with Crippen LogP contribution in [0.2, 0.25) is 0 Å². The third-order valence-corrected chi connectivity index (χ3v) is 5.86. The first-order valence-electron chi connectivity index (χ1n) is 10.6. The summed E-state index contributed by atoms with van der Waals surface area (Å²) in [5, 5.41) is 0. The van der Waals surface area contributed by atoms with Crippen molar-refractivity contribution in [2.75, 3.05) is 6.61 Å². The molecular weight excluding hydrogens is 328 g/mol. The summed E-state index contributed by atoms with van der Waals surface area (Å²) in [4.78, 5) is 0. The molecule has 1 fully saturated rings. The van der Waals surface area contributed by atoms with Crippen molar-refractivity contribution in [3.05, 3.63) is 65.2 Å². The molecule has 0 aromatic heterocycles. The van der Waals surface area contributed by atoms with Crippen molar-refractivity contribution in [3.8, 4) is 17.6 Å². The first kappa shape index (κ1) is 19.6. The van der Waals surface area contributed by atoms with Crippen LogP contribution in [0, 0.1) is 23.7 Å². The lowest BCUT2D eigenvalue weighted by atomic mass is 9.78. The van der Waals surface area contributed by atoms with Gasteiger partial charge in [0.05, 0.1) is 6.61 Å². The Hall–Kier alpha value is -2.20. The zero-order valence-electron chi connectivity index (χ0n) is 16.8. The van der Waals surface area contributed by atoms with Gasteiger partial charge in [-0.3, -0.25) is 0 Å². The van der Waals surface area contributed by atoms with Gasteiger partial charge in [-0.2, -0.15) is 0 Å². The largest absolute Gasteiger partial charge is 0.494 e. The average Bonchev–Trinajstić information content (AvgIpc) is 2.73. The molecule has 0 atom stereocenters. The van der Waals surface area contributed by atoms with E-state index in [0.717, 1.165) is 28.7 Å². The second-order valence-electron chi connectivity index (χ2n) is 7.74. The maximum absolute atomic E-state index is 5.47. The fraction of sp³-hybridized carbons (Fsp3) is 0.462. The van der Waals surface area contributed by atoms with Crippen LogP contribution in [0.1, 0.15) is 69.1 Å². The van der Waals surface area contributed by atoms with Gasteiger partial charge in [0, 0.05) is 11.1 Å². The molecule has 1 saturated carbocycles. The summed E-state index contributed by atoms with van der Waals surface area (Å²) in [6.07, 6.45) is 9.67. The highest BCUT2D eigenvalue weighted by Gasteiger charge is 2.19. The molecule has 27 heavy (non-hydrogen) atoms. The van der Waals surface area contributed by atoms with E-state index in [1.165, 1.54) is 50.5 Å². The van der Waals surface area contributed by atoms with Crippen LogP contribution in [0.3, 0.4) is 0 Å². The third-order valence-electron chi connectivity index (χ3n) is 5.86. The van der Waals surface area contributed by atoms with Gasteiger partial charge in [-0.1, -0.05) is 63.0 Å². The Bertz CT molecular complexity index is 738. The Labute approximate surface area is 165 Å². The molecule has 0 saturated heterocycles. The van der Waals surface area contributed by atoms with Gasteiger partial charge in [-0.25, -0.2) is 0 Å². The highest BCUT2D eigenvalue weighted by molar-refractivity contribution is 5.44. The summed E-state index contributed by atoms with van der Waals surface area (Å²) in [6, 6.07) is 16.8. The van der Waals surface area contributed by atoms with E-state index in [1.54, 1.807) is 0 Å². The number of aryl methyl sites for hydroxylation is 1. The predicted octanol–water partition coefficient (Wildman–Crippen LogP) is 6.63. The van der Waals surface area contributed by atoms with Crippen LogP contribution >= 0.6 is 0 Å². The molecule has 0 aliphatic heterocycles. The van der Waals surface area contributed by atoms with Gasteiger partial charge in [0.1, 0.15) is 5.75 Å². The van der Waals surface area contributed by atoms with E-state index >= 15 is 0 Å². The molecule has 0 bridgehead atoms. The molecule has 1 nitrogen and oxygen atoms in total. The Morgan fingerprint density at radius 1 is 0.778 bits per heavy atom. The standard InChI is InChI=1S/C26H32O/c1-3-21-5-7-22(8-6-21)9-10-23-11-13-24(14-12-23)15-16-25-17-19-26(20-18-25)27-4-2/h11-14,17-22H,3-10H2,1-2H3. The van der Waals surface area contributed by atoms with E-state index in [0.29, 0.717) is 6.61 Å². The van der Waals surface area contributed by atoms with E-state index in [1.807, 2.05) is 31.2 Å². The van der Waals surface area contributed by atoms with Crippen molar-refractivity contribution in [1.82, 2.24) is 0 Å². The fourth-order valence-electron chi connectivity index (χ4n) is 4.00. The monoisotopic (exact) mass is 360 g/mol. The number of benzene rings is 2. The van der Waals surface area contributed by atoms with E-state index in [4.69, 9.17) is 4.74 Å². The second-order valence-corrected chi connectivity index (χ2v) is 7.74. The molecule has 2 aromatic rings. The van der Waals surface area contributed by atoms with Crippen molar-refractivity contribution >= 4 is 0 Å². The summed E-state index contributed by atoms with van der Waals surface area (Å²) in [5.74, 6) is 9.33. The Morgan fingerprint density at radius 2 is 1.33 bits per heavy atom. The third kappa shape index (κ3) is 6.17. The van der Waals surface area contributed by atoms with E-state index in [9.17, 15) is 0 Å². The smallest absolute Gasteiger partial charge is 0.119 e. The van der Waals surface area contributed by atoms with E-state index in [2.05, 4.69) is 43.0 Å². The lowest BCUT2D eigenvalue weighted by molar-refractivity contribution is 0.259. The van der Waals surface area contributed by atoms with Crippen molar-refractivity contribution < 1.29 is 4.74 Å². The lowest BCUT2D eigenvalue weighted by Gasteiger charge is -2.27. The van der Waals surface area contributed by atoms with Gasteiger partial charge in [0.15, 0.2) is 0 Å². The predicted molar refractivity (Wildman–Crippen MR) is 114 cm³/mol. The zero-order valence-corrected chi connectivity index (χ0v) is 16.8. The van der Waals surface area contributed by atoms with Crippen LogP contribution in [0.5, 0.6) is 5.75 Å². The number of rotatable bonds is 6. The first-order valence-corrected chi connectivity index (χ1v) is 10.6. The molecule has 0 unspecified atom stereocenters. The lowest BCUT2D eigenvalue weighted by Crippen LogP contribution is -2.14. The number of hydrogen-bond acceptors (Lipinski definition) is 1. The van der Waals surface area contributed by atoms with Gasteiger partial charge >= 0.3 is 0 Å². The Kier molecular flexibility index (Phi) is 7.40. The van der Waals surface area contributed by atoms with Crippen LogP contribution in [0.4, 0.5) is 0 Å². The van der Waals surface area contributed by atoms with Crippen molar-refractivity contribution in [2.45, 2.75) is 58.8 Å². The average molecular weight is 361 g/mol. The maximum atomic E-state index is 5.47. The minimum atomic E-state index is 0.692. The fourth-order valence-corrected chi connectivity index (χ4v) is 4.00. The summed E-state index contributed by atoms with van der Waals surface area (Å²) >= 11 is 0. The molecule has 0 radical (unpaired) electrons. The maximum Gasteiger partial charge on any atom is 0.119 e. The summed E-state index contributed by atoms with van der Waals surface area (Å²) < 4.78 is 5.47. The normalized spacial score (nSPS) is 19.2. The van der Waals surface area contributed by atoms with Crippen LogP contribution in [0.15, 0.2) is 48.5 Å². The summed E-state index contributed by atoms with van der Waals surface area (Å²) in [7, 11) is 0. The molecule has 3 rings (SSSR count). The van der Waals surface area contributed by atoms with Gasteiger partial charge in [-0.05, 0) is 73.6 Å². The van der Waals surface area contributed by atoms with E-state index < -0.39 is 0 Å². The molecule has 0 amide bonds. The topological polar surface area (TPSA) is 9.23 Å². The summed E-state index contributed by atoms with van der Waals surface area (Å²) in [5.41, 5.74) is 3.54. The SMILES string of the molecule is CCOc1ccc(C#Cc2ccc(CCC3CCC(CC)CC3)cc2)cc1. The molecule has 142 valence electrons. The number of hydrogen-bond donors (Lipinski definition) is 0. The zero-order chi connectivity index (χ0) is 18.9. The van der Waals surface area contributed by atoms with Crippen LogP contribution < -0.4 is 4.74 Å². The Morgan fingerprint density at radius 3 is 1.89 bits per heavy atom. The molecule has 0 N–H and O–H groups in total. The van der Waals surface area contributed by atoms with Gasteiger partial charge in [0.25, 0.3) is 0 Å². The van der Waals surface area contributed by atoms with Gasteiger partial charge in [-0.15, -0.1) is 0 Å². The quantitative estimate of drug-likeness (QED) is 0.525. The minimum Gasteiger partial charge on any atom is -0.494 e. The van der Waals surface area contributed by atoms with Crippen LogP contribution in [-0.2, 0) is 6.42 Å². The minimum absolute atomic E-state index is 0.692. The summed E-state index contributed by atoms with van der Waals surface area (Å²) in [6.45, 7) is 5.02. The highest BCUT2D eigenvalue weighted by Crippen LogP contribution is 2.33. The van der Waals surface area contributed by atoms with Gasteiger partial charge < -0.3 is 4.74 Å². The molecule has 2 aromatic carbocycles. The second kappa shape index (κ2) is 10.2. The van der Waals surface area contributed by atoms with Crippen molar-refractivity contribution in [3.63, 3.8) is 0 Å². The van der Waals surface area contributed by atoms with Crippen molar-refractivity contribution in [1.29, 1.82) is 0 Å². The number of ether oxygens (including phenoxy) is 1. The molecule has 1 heteroatoms. The molecule has 1 aliphatic carbocycles. The Balaban J connectivity index is 1.49. The molecular formula is C26H32O. The molecule has 1 aliphatic rings.